The lowest BCUT2D eigenvalue weighted by molar-refractivity contribution is -0.274. The second-order valence-corrected chi connectivity index (χ2v) is 7.43. The van der Waals surface area contributed by atoms with Crippen LogP contribution in [0.15, 0.2) is 77.4 Å². The number of nitrogens with zero attached hydrogens (tertiary/aromatic N) is 1. The van der Waals surface area contributed by atoms with Crippen molar-refractivity contribution in [1.29, 1.82) is 0 Å². The SMILES string of the molecule is NC(=O)c1cccc2c1c1[c]cc(-c3ccco3)cc1n2Cc1ccccc1OC(F)(F)F. The van der Waals surface area contributed by atoms with Gasteiger partial charge in [0.25, 0.3) is 0 Å². The fraction of sp³-hybridized carbons (Fsp3) is 0.0800. The highest BCUT2D eigenvalue weighted by atomic mass is 19.4. The standard InChI is InChI=1S/C25H16F3N2O3/c26-25(27,28)33-22-8-2-1-5-16(22)14-30-19-7-3-6-18(24(29)31)23(19)17-11-10-15(13-20(17)30)21-9-4-12-32-21/h1-10,12-13H,14H2,(H2,29,31). The van der Waals surface area contributed by atoms with Crippen LogP contribution in [-0.2, 0) is 6.54 Å². The van der Waals surface area contributed by atoms with Crippen LogP contribution in [0.25, 0.3) is 33.1 Å². The second kappa shape index (κ2) is 7.74. The van der Waals surface area contributed by atoms with E-state index in [9.17, 15) is 18.0 Å². The Morgan fingerprint density at radius 3 is 2.61 bits per heavy atom. The summed E-state index contributed by atoms with van der Waals surface area (Å²) in [7, 11) is 0. The maximum Gasteiger partial charge on any atom is 0.573 e. The Bertz CT molecular complexity index is 1480. The molecule has 5 nitrogen and oxygen atoms in total. The smallest absolute Gasteiger partial charge is 0.464 e. The summed E-state index contributed by atoms with van der Waals surface area (Å²) in [6, 6.07) is 21.4. The number of rotatable bonds is 5. The Morgan fingerprint density at radius 1 is 1.06 bits per heavy atom. The Kier molecular flexibility index (Phi) is 4.85. The van der Waals surface area contributed by atoms with E-state index >= 15 is 0 Å². The Balaban J connectivity index is 1.76. The number of ether oxygens (including phenoxy) is 1. The molecule has 5 rings (SSSR count). The summed E-state index contributed by atoms with van der Waals surface area (Å²) < 4.78 is 50.4. The number of halogens is 3. The topological polar surface area (TPSA) is 70.4 Å². The van der Waals surface area contributed by atoms with Crippen molar-refractivity contribution >= 4 is 27.7 Å². The van der Waals surface area contributed by atoms with Crippen LogP contribution in [0.5, 0.6) is 5.75 Å². The fourth-order valence-corrected chi connectivity index (χ4v) is 4.05. The molecule has 0 atom stereocenters. The molecule has 0 fully saturated rings. The highest BCUT2D eigenvalue weighted by molar-refractivity contribution is 6.18. The van der Waals surface area contributed by atoms with Gasteiger partial charge in [-0.1, -0.05) is 24.3 Å². The van der Waals surface area contributed by atoms with Crippen molar-refractivity contribution in [1.82, 2.24) is 4.57 Å². The van der Waals surface area contributed by atoms with E-state index < -0.39 is 12.3 Å². The fourth-order valence-electron chi connectivity index (χ4n) is 4.05. The van der Waals surface area contributed by atoms with Gasteiger partial charge >= 0.3 is 6.36 Å². The zero-order chi connectivity index (χ0) is 23.2. The zero-order valence-corrected chi connectivity index (χ0v) is 17.0. The number of furan rings is 1. The van der Waals surface area contributed by atoms with Gasteiger partial charge in [0.05, 0.1) is 23.8 Å². The maximum atomic E-state index is 13.0. The van der Waals surface area contributed by atoms with Gasteiger partial charge < -0.3 is 19.5 Å². The normalized spacial score (nSPS) is 11.8. The monoisotopic (exact) mass is 449 g/mol. The largest absolute Gasteiger partial charge is 0.573 e. The molecular formula is C25H16F3N2O3. The molecule has 33 heavy (non-hydrogen) atoms. The molecule has 0 saturated heterocycles. The first-order valence-electron chi connectivity index (χ1n) is 9.96. The molecule has 2 aromatic heterocycles. The van der Waals surface area contributed by atoms with E-state index in [0.29, 0.717) is 38.7 Å². The number of nitrogens with two attached hydrogens (primary N) is 1. The third kappa shape index (κ3) is 3.80. The number of hydrogen-bond acceptors (Lipinski definition) is 3. The molecule has 0 aliphatic carbocycles. The number of fused-ring (bicyclic) bond motifs is 3. The maximum absolute atomic E-state index is 13.0. The van der Waals surface area contributed by atoms with Crippen LogP contribution in [0.4, 0.5) is 13.2 Å². The van der Waals surface area contributed by atoms with Crippen molar-refractivity contribution in [3.8, 4) is 17.1 Å². The Hall–Kier alpha value is -4.20. The molecule has 0 saturated carbocycles. The van der Waals surface area contributed by atoms with Gasteiger partial charge in [-0.05, 0) is 48.5 Å². The molecule has 0 bridgehead atoms. The van der Waals surface area contributed by atoms with E-state index in [4.69, 9.17) is 10.2 Å². The van der Waals surface area contributed by atoms with Gasteiger partial charge in [0.15, 0.2) is 0 Å². The van der Waals surface area contributed by atoms with E-state index in [-0.39, 0.29) is 12.3 Å². The van der Waals surface area contributed by atoms with Gasteiger partial charge in [0.2, 0.25) is 5.91 Å². The molecule has 2 N–H and O–H groups in total. The average molecular weight is 449 g/mol. The molecule has 2 heterocycles. The highest BCUT2D eigenvalue weighted by Gasteiger charge is 2.32. The summed E-state index contributed by atoms with van der Waals surface area (Å²) >= 11 is 0. The first-order chi connectivity index (χ1) is 15.8. The van der Waals surface area contributed by atoms with Crippen LogP contribution in [0.2, 0.25) is 0 Å². The summed E-state index contributed by atoms with van der Waals surface area (Å²) in [5, 5.41) is 1.21. The predicted molar refractivity (Wildman–Crippen MR) is 117 cm³/mol. The van der Waals surface area contributed by atoms with Crippen molar-refractivity contribution in [2.45, 2.75) is 12.9 Å². The number of para-hydroxylation sites is 1. The molecule has 5 aromatic rings. The number of alkyl halides is 3. The summed E-state index contributed by atoms with van der Waals surface area (Å²) in [6.45, 7) is 0.0594. The molecule has 1 radical (unpaired) electrons. The summed E-state index contributed by atoms with van der Waals surface area (Å²) in [6.07, 6.45) is -3.28. The number of hydrogen-bond donors (Lipinski definition) is 1. The van der Waals surface area contributed by atoms with Crippen LogP contribution in [0.3, 0.4) is 0 Å². The van der Waals surface area contributed by atoms with Crippen molar-refractivity contribution < 1.29 is 27.1 Å². The zero-order valence-electron chi connectivity index (χ0n) is 17.0. The average Bonchev–Trinajstić information content (AvgIpc) is 3.41. The van der Waals surface area contributed by atoms with Crippen LogP contribution >= 0.6 is 0 Å². The van der Waals surface area contributed by atoms with Crippen molar-refractivity contribution in [2.75, 3.05) is 0 Å². The van der Waals surface area contributed by atoms with E-state index in [2.05, 4.69) is 10.8 Å². The molecule has 1 amide bonds. The van der Waals surface area contributed by atoms with Gasteiger partial charge in [-0.2, -0.15) is 0 Å². The molecule has 0 spiro atoms. The quantitative estimate of drug-likeness (QED) is 0.363. The van der Waals surface area contributed by atoms with Gasteiger partial charge in [-0.3, -0.25) is 4.79 Å². The minimum absolute atomic E-state index is 0.0594. The van der Waals surface area contributed by atoms with Gasteiger partial charge in [0, 0.05) is 27.5 Å². The molecule has 8 heteroatoms. The highest BCUT2D eigenvalue weighted by Crippen LogP contribution is 2.36. The third-order valence-electron chi connectivity index (χ3n) is 5.39. The minimum Gasteiger partial charge on any atom is -0.464 e. The number of benzene rings is 3. The van der Waals surface area contributed by atoms with E-state index in [0.717, 1.165) is 5.56 Å². The van der Waals surface area contributed by atoms with Gasteiger partial charge in [-0.25, -0.2) is 0 Å². The van der Waals surface area contributed by atoms with E-state index in [1.54, 1.807) is 54.8 Å². The first-order valence-corrected chi connectivity index (χ1v) is 9.96. The van der Waals surface area contributed by atoms with Crippen LogP contribution in [-0.4, -0.2) is 16.8 Å². The first kappa shape index (κ1) is 20.7. The lowest BCUT2D eigenvalue weighted by Crippen LogP contribution is -2.18. The molecule has 0 unspecified atom stereocenters. The number of primary amides is 1. The van der Waals surface area contributed by atoms with Crippen LogP contribution in [0, 0.1) is 6.07 Å². The number of carbonyl (C=O) groups is 1. The summed E-state index contributed by atoms with van der Waals surface area (Å²) in [5.74, 6) is -0.290. The van der Waals surface area contributed by atoms with Crippen LogP contribution in [0.1, 0.15) is 15.9 Å². The van der Waals surface area contributed by atoms with E-state index in [1.807, 2.05) is 10.6 Å². The van der Waals surface area contributed by atoms with Gasteiger partial charge in [0.1, 0.15) is 11.5 Å². The lowest BCUT2D eigenvalue weighted by atomic mass is 10.0. The molecule has 0 aliphatic heterocycles. The number of carbonyl (C=O) groups excluding carboxylic acids is 1. The van der Waals surface area contributed by atoms with Crippen molar-refractivity contribution in [3.63, 3.8) is 0 Å². The van der Waals surface area contributed by atoms with Crippen molar-refractivity contribution in [3.05, 3.63) is 90.2 Å². The van der Waals surface area contributed by atoms with E-state index in [1.165, 1.54) is 12.1 Å². The van der Waals surface area contributed by atoms with Crippen molar-refractivity contribution in [2.24, 2.45) is 5.73 Å². The number of aromatic nitrogens is 1. The third-order valence-corrected chi connectivity index (χ3v) is 5.39. The molecule has 3 aromatic carbocycles. The molecule has 165 valence electrons. The van der Waals surface area contributed by atoms with Gasteiger partial charge in [-0.15, -0.1) is 13.2 Å². The second-order valence-electron chi connectivity index (χ2n) is 7.43. The number of amides is 1. The summed E-state index contributed by atoms with van der Waals surface area (Å²) in [4.78, 5) is 12.1. The molecular weight excluding hydrogens is 433 g/mol. The summed E-state index contributed by atoms with van der Waals surface area (Å²) in [5.41, 5.74) is 8.27. The molecule has 0 aliphatic rings. The Labute approximate surface area is 185 Å². The van der Waals surface area contributed by atoms with Crippen LogP contribution < -0.4 is 10.5 Å². The predicted octanol–water partition coefficient (Wildman–Crippen LogP) is 5.90. The Morgan fingerprint density at radius 2 is 1.88 bits per heavy atom. The minimum atomic E-state index is -4.82. The lowest BCUT2D eigenvalue weighted by Gasteiger charge is -2.15.